The quantitative estimate of drug-likeness (QED) is 0.166. The Morgan fingerprint density at radius 2 is 1.26 bits per heavy atom. The number of anilines is 2. The molecule has 0 spiro atoms. The lowest BCUT2D eigenvalue weighted by atomic mass is 9.66. The molecule has 0 fully saturated rings. The van der Waals surface area contributed by atoms with Crippen LogP contribution in [0.2, 0.25) is 0 Å². The van der Waals surface area contributed by atoms with Gasteiger partial charge in [0.25, 0.3) is 0 Å². The van der Waals surface area contributed by atoms with Crippen LogP contribution < -0.4 is 11.5 Å². The Labute approximate surface area is 256 Å². The summed E-state index contributed by atoms with van der Waals surface area (Å²) >= 11 is 0. The Morgan fingerprint density at radius 1 is 0.698 bits per heavy atom. The van der Waals surface area contributed by atoms with E-state index in [1.54, 1.807) is 0 Å². The van der Waals surface area contributed by atoms with Crippen molar-refractivity contribution in [3.05, 3.63) is 179 Å². The topological polar surface area (TPSA) is 52.0 Å². The molecular formula is C41H40N2. The van der Waals surface area contributed by atoms with Crippen molar-refractivity contribution in [2.45, 2.75) is 33.1 Å². The smallest absolute Gasteiger partial charge is 0.0672 e. The van der Waals surface area contributed by atoms with E-state index in [1.165, 1.54) is 5.56 Å². The summed E-state index contributed by atoms with van der Waals surface area (Å²) in [5, 5.41) is 0. The van der Waals surface area contributed by atoms with E-state index >= 15 is 0 Å². The second kappa shape index (κ2) is 11.7. The van der Waals surface area contributed by atoms with Gasteiger partial charge in [-0.25, -0.2) is 0 Å². The molecule has 1 aliphatic rings. The molecule has 4 aromatic carbocycles. The minimum Gasteiger partial charge on any atom is -0.399 e. The second-order valence-corrected chi connectivity index (χ2v) is 11.4. The first-order chi connectivity index (χ1) is 20.6. The van der Waals surface area contributed by atoms with Gasteiger partial charge in [-0.2, -0.15) is 0 Å². The lowest BCUT2D eigenvalue weighted by molar-refractivity contribution is 0.742. The molecule has 0 unspecified atom stereocenters. The van der Waals surface area contributed by atoms with Crippen LogP contribution in [0.5, 0.6) is 0 Å². The molecule has 1 aliphatic carbocycles. The molecule has 43 heavy (non-hydrogen) atoms. The van der Waals surface area contributed by atoms with Crippen molar-refractivity contribution in [1.29, 1.82) is 0 Å². The molecule has 0 amide bonds. The van der Waals surface area contributed by atoms with Gasteiger partial charge in [-0.3, -0.25) is 0 Å². The molecule has 0 aliphatic heterocycles. The van der Waals surface area contributed by atoms with E-state index in [2.05, 4.69) is 126 Å². The Morgan fingerprint density at radius 3 is 1.81 bits per heavy atom. The van der Waals surface area contributed by atoms with Crippen LogP contribution in [0.1, 0.15) is 48.6 Å². The first-order valence-corrected chi connectivity index (χ1v) is 14.6. The van der Waals surface area contributed by atoms with E-state index in [4.69, 9.17) is 11.5 Å². The number of nitrogens with two attached hydrogens (primary N) is 2. The number of hydrogen-bond acceptors (Lipinski definition) is 2. The van der Waals surface area contributed by atoms with Crippen LogP contribution in [-0.2, 0) is 5.41 Å². The molecule has 4 aromatic rings. The van der Waals surface area contributed by atoms with Gasteiger partial charge in [0.05, 0.1) is 5.41 Å². The molecule has 0 heterocycles. The molecule has 2 heteroatoms. The van der Waals surface area contributed by atoms with Gasteiger partial charge < -0.3 is 11.5 Å². The van der Waals surface area contributed by atoms with Crippen LogP contribution >= 0.6 is 0 Å². The SMILES string of the molecule is C=C(C=C(C)C1(C(C=C(C)C(=C)c2ccccc2C)=CC)c2cc(N)ccc2-c2ccc(N)cc21)C(=C)c1ccccc1. The average Bonchev–Trinajstić information content (AvgIpc) is 3.28. The third-order valence-corrected chi connectivity index (χ3v) is 8.74. The molecule has 0 atom stereocenters. The summed E-state index contributed by atoms with van der Waals surface area (Å²) in [7, 11) is 0. The number of hydrogen-bond donors (Lipinski definition) is 2. The van der Waals surface area contributed by atoms with E-state index in [9.17, 15) is 0 Å². The highest BCUT2D eigenvalue weighted by atomic mass is 14.6. The predicted molar refractivity (Wildman–Crippen MR) is 188 cm³/mol. The maximum Gasteiger partial charge on any atom is 0.0672 e. The maximum absolute atomic E-state index is 6.50. The van der Waals surface area contributed by atoms with Crippen LogP contribution in [0, 0.1) is 6.92 Å². The zero-order valence-corrected chi connectivity index (χ0v) is 25.7. The first-order valence-electron chi connectivity index (χ1n) is 14.6. The number of rotatable bonds is 8. The summed E-state index contributed by atoms with van der Waals surface area (Å²) < 4.78 is 0. The lowest BCUT2D eigenvalue weighted by Crippen LogP contribution is -2.29. The highest BCUT2D eigenvalue weighted by Crippen LogP contribution is 2.58. The van der Waals surface area contributed by atoms with Gasteiger partial charge in [0.15, 0.2) is 0 Å². The number of allylic oxidation sites excluding steroid dienone is 9. The molecule has 0 saturated heterocycles. The molecule has 0 saturated carbocycles. The Kier molecular flexibility index (Phi) is 7.98. The van der Waals surface area contributed by atoms with E-state index in [0.29, 0.717) is 11.4 Å². The van der Waals surface area contributed by atoms with Crippen molar-refractivity contribution in [1.82, 2.24) is 0 Å². The summed E-state index contributed by atoms with van der Waals surface area (Å²) in [6.45, 7) is 21.9. The fourth-order valence-electron chi connectivity index (χ4n) is 6.46. The number of aryl methyl sites for hydroxylation is 1. The van der Waals surface area contributed by atoms with Crippen molar-refractivity contribution in [3.63, 3.8) is 0 Å². The third-order valence-electron chi connectivity index (χ3n) is 8.74. The summed E-state index contributed by atoms with van der Waals surface area (Å²) in [6.07, 6.45) is 6.64. The van der Waals surface area contributed by atoms with Crippen LogP contribution in [0.4, 0.5) is 11.4 Å². The third kappa shape index (κ3) is 5.10. The fourth-order valence-corrected chi connectivity index (χ4v) is 6.46. The zero-order chi connectivity index (χ0) is 30.9. The maximum atomic E-state index is 6.50. The van der Waals surface area contributed by atoms with E-state index in [1.807, 2.05) is 30.3 Å². The largest absolute Gasteiger partial charge is 0.399 e. The van der Waals surface area contributed by atoms with Crippen LogP contribution in [0.25, 0.3) is 22.3 Å². The predicted octanol–water partition coefficient (Wildman–Crippen LogP) is 10.2. The minimum atomic E-state index is -0.669. The molecule has 0 aromatic heterocycles. The molecule has 4 N–H and O–H groups in total. The summed E-state index contributed by atoms with van der Waals surface area (Å²) in [5.74, 6) is 0. The van der Waals surface area contributed by atoms with Crippen molar-refractivity contribution in [3.8, 4) is 11.1 Å². The highest BCUT2D eigenvalue weighted by Gasteiger charge is 2.47. The van der Waals surface area contributed by atoms with Crippen molar-refractivity contribution < 1.29 is 0 Å². The normalized spacial score (nSPS) is 14.2. The van der Waals surface area contributed by atoms with Gasteiger partial charge in [0.2, 0.25) is 0 Å². The highest BCUT2D eigenvalue weighted by molar-refractivity contribution is 5.90. The van der Waals surface area contributed by atoms with Gasteiger partial charge in [-0.15, -0.1) is 0 Å². The van der Waals surface area contributed by atoms with E-state index in [-0.39, 0.29) is 0 Å². The monoisotopic (exact) mass is 560 g/mol. The second-order valence-electron chi connectivity index (χ2n) is 11.4. The summed E-state index contributed by atoms with van der Waals surface area (Å²) in [4.78, 5) is 0. The standard InChI is InChI=1S/C41H40N2/c1-8-33(23-28(4)31(7)36-17-13-12-14-26(36)2)41(29(5)22-27(3)30(6)32-15-10-9-11-16-32)39-24-34(42)18-20-37(39)38-21-19-35(43)25-40(38)41/h8-25H,3,6-7,42-43H2,1-2,4-5H3. The minimum absolute atomic E-state index is 0.669. The Hall–Kier alpha value is -5.08. The lowest BCUT2D eigenvalue weighted by Gasteiger charge is -2.36. The van der Waals surface area contributed by atoms with Gasteiger partial charge in [-0.1, -0.05) is 110 Å². The summed E-state index contributed by atoms with van der Waals surface area (Å²) in [6, 6.07) is 31.0. The summed E-state index contributed by atoms with van der Waals surface area (Å²) in [5.41, 5.74) is 27.7. The average molecular weight is 561 g/mol. The zero-order valence-electron chi connectivity index (χ0n) is 25.7. The van der Waals surface area contributed by atoms with Crippen molar-refractivity contribution >= 4 is 22.5 Å². The van der Waals surface area contributed by atoms with Crippen molar-refractivity contribution in [2.24, 2.45) is 0 Å². The van der Waals surface area contributed by atoms with Gasteiger partial charge in [-0.05, 0) is 119 Å². The molecule has 5 rings (SSSR count). The van der Waals surface area contributed by atoms with Gasteiger partial charge in [0, 0.05) is 11.4 Å². The number of nitrogen functional groups attached to an aromatic ring is 2. The molecule has 2 nitrogen and oxygen atoms in total. The van der Waals surface area contributed by atoms with Gasteiger partial charge >= 0.3 is 0 Å². The fraction of sp³-hybridized carbons (Fsp3) is 0.122. The van der Waals surface area contributed by atoms with E-state index < -0.39 is 5.41 Å². The van der Waals surface area contributed by atoms with Crippen LogP contribution in [0.3, 0.4) is 0 Å². The molecule has 0 radical (unpaired) electrons. The first kappa shape index (κ1) is 29.4. The van der Waals surface area contributed by atoms with Crippen LogP contribution in [-0.4, -0.2) is 0 Å². The van der Waals surface area contributed by atoms with Gasteiger partial charge in [0.1, 0.15) is 0 Å². The van der Waals surface area contributed by atoms with E-state index in [0.717, 1.165) is 66.8 Å². The number of benzene rings is 4. The molecule has 214 valence electrons. The Balaban J connectivity index is 1.77. The van der Waals surface area contributed by atoms with Crippen molar-refractivity contribution in [2.75, 3.05) is 11.5 Å². The number of fused-ring (bicyclic) bond motifs is 3. The van der Waals surface area contributed by atoms with Crippen LogP contribution in [0.15, 0.2) is 151 Å². The molecule has 0 bridgehead atoms. The molecular weight excluding hydrogens is 520 g/mol. The Bertz CT molecular complexity index is 1810.